The Morgan fingerprint density at radius 2 is 1.92 bits per heavy atom. The van der Waals surface area contributed by atoms with Crippen molar-refractivity contribution in [2.45, 2.75) is 38.3 Å². The minimum Gasteiger partial charge on any atom is -0.305 e. The summed E-state index contributed by atoms with van der Waals surface area (Å²) in [6.45, 7) is 7.80. The van der Waals surface area contributed by atoms with Gasteiger partial charge >= 0.3 is 5.69 Å². The molecule has 3 heterocycles. The molecule has 2 aliphatic heterocycles. The van der Waals surface area contributed by atoms with Crippen LogP contribution in [0.3, 0.4) is 0 Å². The molecule has 5 nitrogen and oxygen atoms in total. The number of fused-ring (bicyclic) bond motifs is 1. The summed E-state index contributed by atoms with van der Waals surface area (Å²) in [6.07, 6.45) is 3.21. The molecule has 0 saturated carbocycles. The Bertz CT molecular complexity index is 775. The first-order valence-corrected chi connectivity index (χ1v) is 9.02. The summed E-state index contributed by atoms with van der Waals surface area (Å²) in [5, 5.41) is 0. The molecule has 2 aliphatic rings. The number of likely N-dealkylation sites (N-methyl/N-ethyl adjacent to an activating group) is 1. The highest BCUT2D eigenvalue weighted by molar-refractivity contribution is 5.75. The van der Waals surface area contributed by atoms with Crippen LogP contribution in [0, 0.1) is 5.82 Å². The van der Waals surface area contributed by atoms with Crippen molar-refractivity contribution in [2.75, 3.05) is 32.7 Å². The van der Waals surface area contributed by atoms with Crippen molar-refractivity contribution in [2.24, 2.45) is 0 Å². The fourth-order valence-corrected chi connectivity index (χ4v) is 4.37. The summed E-state index contributed by atoms with van der Waals surface area (Å²) in [7, 11) is 0. The van der Waals surface area contributed by atoms with E-state index in [1.54, 1.807) is 6.07 Å². The molecule has 0 aliphatic carbocycles. The molecule has 0 radical (unpaired) electrons. The molecular weight excluding hydrogens is 307 g/mol. The zero-order valence-corrected chi connectivity index (χ0v) is 14.2. The van der Waals surface area contributed by atoms with Crippen LogP contribution in [-0.4, -0.2) is 58.1 Å². The highest BCUT2D eigenvalue weighted by atomic mass is 19.1. The third-order valence-corrected chi connectivity index (χ3v) is 5.75. The fraction of sp³-hybridized carbons (Fsp3) is 0.611. The number of hydrogen-bond donors (Lipinski definition) is 1. The fourth-order valence-electron chi connectivity index (χ4n) is 4.37. The van der Waals surface area contributed by atoms with E-state index in [0.29, 0.717) is 11.6 Å². The number of H-pyrrole nitrogens is 1. The largest absolute Gasteiger partial charge is 0.326 e. The summed E-state index contributed by atoms with van der Waals surface area (Å²) in [5.74, 6) is -0.313. The lowest BCUT2D eigenvalue weighted by atomic mass is 10.0. The average Bonchev–Trinajstić information content (AvgIpc) is 3.18. The number of halogens is 1. The van der Waals surface area contributed by atoms with Crippen molar-refractivity contribution >= 4 is 11.0 Å². The van der Waals surface area contributed by atoms with Gasteiger partial charge in [0, 0.05) is 31.7 Å². The third-order valence-electron chi connectivity index (χ3n) is 5.75. The van der Waals surface area contributed by atoms with Gasteiger partial charge in [-0.05, 0) is 50.6 Å². The van der Waals surface area contributed by atoms with Crippen LogP contribution in [0.25, 0.3) is 11.0 Å². The van der Waals surface area contributed by atoms with E-state index in [1.807, 2.05) is 4.57 Å². The quantitative estimate of drug-likeness (QED) is 0.937. The molecule has 2 aromatic rings. The van der Waals surface area contributed by atoms with Gasteiger partial charge in [0.15, 0.2) is 0 Å². The van der Waals surface area contributed by atoms with Crippen LogP contribution in [0.15, 0.2) is 23.0 Å². The number of nitrogens with zero attached hydrogens (tertiary/aromatic N) is 3. The molecule has 1 N–H and O–H groups in total. The first-order valence-electron chi connectivity index (χ1n) is 9.02. The second kappa shape index (κ2) is 6.33. The zero-order chi connectivity index (χ0) is 16.7. The van der Waals surface area contributed by atoms with Crippen LogP contribution in [0.4, 0.5) is 4.39 Å². The van der Waals surface area contributed by atoms with Crippen molar-refractivity contribution in [1.29, 1.82) is 0 Å². The first-order chi connectivity index (χ1) is 11.7. The normalized spacial score (nSPS) is 24.2. The minimum absolute atomic E-state index is 0.118. The molecule has 24 heavy (non-hydrogen) atoms. The van der Waals surface area contributed by atoms with Gasteiger partial charge in [0.2, 0.25) is 0 Å². The number of aromatic nitrogens is 2. The van der Waals surface area contributed by atoms with E-state index in [2.05, 4.69) is 21.7 Å². The van der Waals surface area contributed by atoms with Gasteiger partial charge in [-0.15, -0.1) is 0 Å². The van der Waals surface area contributed by atoms with Crippen molar-refractivity contribution in [3.63, 3.8) is 0 Å². The van der Waals surface area contributed by atoms with Crippen molar-refractivity contribution in [1.82, 2.24) is 19.4 Å². The van der Waals surface area contributed by atoms with Gasteiger partial charge in [0.05, 0.1) is 11.0 Å². The Hall–Kier alpha value is -1.66. The predicted molar refractivity (Wildman–Crippen MR) is 92.9 cm³/mol. The lowest BCUT2D eigenvalue weighted by Gasteiger charge is -2.36. The summed E-state index contributed by atoms with van der Waals surface area (Å²) < 4.78 is 15.2. The van der Waals surface area contributed by atoms with E-state index in [4.69, 9.17) is 0 Å². The lowest BCUT2D eigenvalue weighted by molar-refractivity contribution is 0.136. The van der Waals surface area contributed by atoms with Crippen LogP contribution in [-0.2, 0) is 0 Å². The highest BCUT2D eigenvalue weighted by Crippen LogP contribution is 2.28. The molecule has 130 valence electrons. The van der Waals surface area contributed by atoms with E-state index in [9.17, 15) is 9.18 Å². The standard InChI is InChI=1S/C18H25FN4O/c1-2-21-8-5-15(12-21)22-9-6-14(7-10-22)23-17-4-3-13(19)11-16(17)20-18(23)24/h3-4,11,14-15H,2,5-10,12H2,1H3,(H,20,24). The molecule has 1 aromatic heterocycles. The number of nitrogens with one attached hydrogen (secondary N) is 1. The van der Waals surface area contributed by atoms with Gasteiger partial charge in [0.25, 0.3) is 0 Å². The first kappa shape index (κ1) is 15.8. The van der Waals surface area contributed by atoms with Crippen LogP contribution < -0.4 is 5.69 Å². The zero-order valence-electron chi connectivity index (χ0n) is 14.2. The summed E-state index contributed by atoms with van der Waals surface area (Å²) in [5.41, 5.74) is 1.29. The Kier molecular flexibility index (Phi) is 4.18. The molecule has 2 saturated heterocycles. The maximum Gasteiger partial charge on any atom is 0.326 e. The van der Waals surface area contributed by atoms with E-state index in [0.717, 1.165) is 38.0 Å². The van der Waals surface area contributed by atoms with E-state index in [-0.39, 0.29) is 17.5 Å². The second-order valence-corrected chi connectivity index (χ2v) is 7.06. The van der Waals surface area contributed by atoms with Crippen LogP contribution >= 0.6 is 0 Å². The maximum absolute atomic E-state index is 13.4. The molecule has 2 fully saturated rings. The highest BCUT2D eigenvalue weighted by Gasteiger charge is 2.31. The molecule has 1 atom stereocenters. The van der Waals surface area contributed by atoms with Gasteiger partial charge in [-0.1, -0.05) is 6.92 Å². The van der Waals surface area contributed by atoms with Crippen LogP contribution in [0.5, 0.6) is 0 Å². The monoisotopic (exact) mass is 332 g/mol. The van der Waals surface area contributed by atoms with E-state index >= 15 is 0 Å². The van der Waals surface area contributed by atoms with Crippen molar-refractivity contribution < 1.29 is 4.39 Å². The molecule has 0 bridgehead atoms. The molecule has 0 spiro atoms. The smallest absolute Gasteiger partial charge is 0.305 e. The van der Waals surface area contributed by atoms with Gasteiger partial charge in [-0.2, -0.15) is 0 Å². The van der Waals surface area contributed by atoms with Crippen molar-refractivity contribution in [3.05, 3.63) is 34.5 Å². The molecule has 1 aromatic carbocycles. The van der Waals surface area contributed by atoms with Crippen LogP contribution in [0.1, 0.15) is 32.2 Å². The number of rotatable bonds is 3. The molecule has 4 rings (SSSR count). The Morgan fingerprint density at radius 1 is 1.17 bits per heavy atom. The third kappa shape index (κ3) is 2.78. The minimum atomic E-state index is -0.313. The Labute approximate surface area is 141 Å². The van der Waals surface area contributed by atoms with Gasteiger partial charge in [0.1, 0.15) is 5.82 Å². The van der Waals surface area contributed by atoms with E-state index < -0.39 is 0 Å². The molecular formula is C18H25FN4O. The lowest BCUT2D eigenvalue weighted by Crippen LogP contribution is -2.44. The average molecular weight is 332 g/mol. The van der Waals surface area contributed by atoms with E-state index in [1.165, 1.54) is 31.6 Å². The molecule has 0 amide bonds. The predicted octanol–water partition coefficient (Wildman–Crippen LogP) is 2.20. The van der Waals surface area contributed by atoms with Crippen LogP contribution in [0.2, 0.25) is 0 Å². The van der Waals surface area contributed by atoms with Gasteiger partial charge in [-0.25, -0.2) is 9.18 Å². The number of imidazole rings is 1. The molecule has 1 unspecified atom stereocenters. The number of aromatic amines is 1. The molecule has 6 heteroatoms. The number of piperidine rings is 1. The number of benzene rings is 1. The van der Waals surface area contributed by atoms with Gasteiger partial charge < -0.3 is 9.88 Å². The van der Waals surface area contributed by atoms with Crippen molar-refractivity contribution in [3.8, 4) is 0 Å². The Morgan fingerprint density at radius 3 is 2.62 bits per heavy atom. The summed E-state index contributed by atoms with van der Waals surface area (Å²) in [4.78, 5) is 20.2. The topological polar surface area (TPSA) is 44.3 Å². The summed E-state index contributed by atoms with van der Waals surface area (Å²) in [6, 6.07) is 5.42. The van der Waals surface area contributed by atoms with Gasteiger partial charge in [-0.3, -0.25) is 9.47 Å². The second-order valence-electron chi connectivity index (χ2n) is 7.06. The number of hydrogen-bond acceptors (Lipinski definition) is 3. The Balaban J connectivity index is 1.48. The SMILES string of the molecule is CCN1CCC(N2CCC(n3c(=O)[nH]c4cc(F)ccc43)CC2)C1. The maximum atomic E-state index is 13.4. The summed E-state index contributed by atoms with van der Waals surface area (Å²) >= 11 is 0. The number of likely N-dealkylation sites (tertiary alicyclic amines) is 2.